The van der Waals surface area contributed by atoms with Gasteiger partial charge < -0.3 is 9.64 Å². The molecule has 3 unspecified atom stereocenters. The van der Waals surface area contributed by atoms with Crippen molar-refractivity contribution in [2.45, 2.75) is 55.6 Å². The van der Waals surface area contributed by atoms with Crippen molar-refractivity contribution < 1.29 is 17.9 Å². The second-order valence-electron chi connectivity index (χ2n) is 11.2. The van der Waals surface area contributed by atoms with Crippen LogP contribution < -0.4 is 4.74 Å². The lowest BCUT2D eigenvalue weighted by molar-refractivity contribution is -0.139. The molecule has 1 saturated heterocycles. The first-order chi connectivity index (χ1) is 17.9. The minimum absolute atomic E-state index is 0.0236. The van der Waals surface area contributed by atoms with E-state index in [2.05, 4.69) is 23.2 Å². The Morgan fingerprint density at radius 3 is 2.70 bits per heavy atom. The van der Waals surface area contributed by atoms with Crippen molar-refractivity contribution in [1.82, 2.24) is 14.2 Å². The molecule has 0 bridgehead atoms. The molecule has 0 N–H and O–H groups in total. The molecule has 1 aliphatic heterocycles. The van der Waals surface area contributed by atoms with E-state index in [4.69, 9.17) is 4.74 Å². The second-order valence-corrected chi connectivity index (χ2v) is 14.0. The van der Waals surface area contributed by atoms with Crippen LogP contribution in [0.15, 0.2) is 52.9 Å². The summed E-state index contributed by atoms with van der Waals surface area (Å²) in [4.78, 5) is 21.1. The Bertz CT molecular complexity index is 1450. The Labute approximate surface area is 221 Å². The van der Waals surface area contributed by atoms with E-state index in [0.29, 0.717) is 24.8 Å². The van der Waals surface area contributed by atoms with E-state index in [0.717, 1.165) is 47.4 Å². The summed E-state index contributed by atoms with van der Waals surface area (Å²) in [5.41, 5.74) is 3.85. The molecule has 37 heavy (non-hydrogen) atoms. The van der Waals surface area contributed by atoms with Gasteiger partial charge in [0.15, 0.2) is 0 Å². The van der Waals surface area contributed by atoms with E-state index >= 15 is 0 Å². The maximum atomic E-state index is 14.4. The van der Waals surface area contributed by atoms with Gasteiger partial charge in [-0.2, -0.15) is 4.31 Å². The molecule has 1 aromatic heterocycles. The third kappa shape index (κ3) is 4.15. The highest BCUT2D eigenvalue weighted by Crippen LogP contribution is 2.53. The van der Waals surface area contributed by atoms with Gasteiger partial charge in [0.05, 0.1) is 27.7 Å². The highest BCUT2D eigenvalue weighted by Gasteiger charge is 2.60. The molecule has 7 nitrogen and oxygen atoms in total. The number of amides is 1. The Balaban J connectivity index is 1.21. The molecule has 6 atom stereocenters. The first kappa shape index (κ1) is 23.6. The van der Waals surface area contributed by atoms with Crippen molar-refractivity contribution >= 4 is 37.5 Å². The number of hydrogen-bond donors (Lipinski definition) is 0. The van der Waals surface area contributed by atoms with Gasteiger partial charge >= 0.3 is 0 Å². The summed E-state index contributed by atoms with van der Waals surface area (Å²) in [5, 5.41) is 0. The van der Waals surface area contributed by atoms with Crippen LogP contribution in [0.1, 0.15) is 37.7 Å². The zero-order valence-electron chi connectivity index (χ0n) is 20.8. The van der Waals surface area contributed by atoms with Crippen molar-refractivity contribution in [1.29, 1.82) is 0 Å². The van der Waals surface area contributed by atoms with Gasteiger partial charge in [-0.25, -0.2) is 13.4 Å². The molecule has 9 heteroatoms. The van der Waals surface area contributed by atoms with Crippen LogP contribution in [-0.2, 0) is 21.4 Å². The van der Waals surface area contributed by atoms with Gasteiger partial charge in [0.25, 0.3) is 0 Å². The average Bonchev–Trinajstić information content (AvgIpc) is 3.78. The Morgan fingerprint density at radius 2 is 1.92 bits per heavy atom. The molecule has 3 aliphatic carbocycles. The first-order valence-corrected chi connectivity index (χ1v) is 15.5. The van der Waals surface area contributed by atoms with Crippen LogP contribution in [0, 0.1) is 23.7 Å². The van der Waals surface area contributed by atoms with E-state index in [-0.39, 0.29) is 28.7 Å². The molecule has 194 valence electrons. The predicted molar refractivity (Wildman–Crippen MR) is 142 cm³/mol. The average molecular weight is 538 g/mol. The number of methoxy groups -OCH3 is 1. The quantitative estimate of drug-likeness (QED) is 0.442. The molecule has 0 radical (unpaired) electrons. The smallest absolute Gasteiger partial charge is 0.243 e. The lowest BCUT2D eigenvalue weighted by Gasteiger charge is -2.38. The van der Waals surface area contributed by atoms with Crippen molar-refractivity contribution in [2.24, 2.45) is 23.7 Å². The van der Waals surface area contributed by atoms with E-state index in [1.54, 1.807) is 42.7 Å². The fourth-order valence-electron chi connectivity index (χ4n) is 6.73. The van der Waals surface area contributed by atoms with E-state index in [1.165, 1.54) is 10.7 Å². The molecule has 0 spiro atoms. The summed E-state index contributed by atoms with van der Waals surface area (Å²) in [6, 6.07) is 12.3. The number of ether oxygens (including phenoxy) is 1. The first-order valence-electron chi connectivity index (χ1n) is 13.2. The molecular weight excluding hydrogens is 506 g/mol. The maximum absolute atomic E-state index is 14.4. The SMILES string of the molecule is COc1ccc(S(=O)(=O)N2C[C@H]3C[C@H]3[C@@H]2C(=O)N(Cc2ccc3scnc3c2)C2CCC3CC3C2)cc1. The van der Waals surface area contributed by atoms with Gasteiger partial charge in [-0.1, -0.05) is 6.07 Å². The van der Waals surface area contributed by atoms with E-state index < -0.39 is 16.1 Å². The normalized spacial score (nSPS) is 30.5. The lowest BCUT2D eigenvalue weighted by atomic mass is 9.93. The van der Waals surface area contributed by atoms with Gasteiger partial charge in [0.1, 0.15) is 11.8 Å². The molecule has 2 heterocycles. The Hall–Kier alpha value is -2.49. The standard InChI is InChI=1S/C28H31N3O4S2/c1-35-22-5-7-23(8-6-22)37(33,34)31-15-20-13-24(20)27(31)28(32)30(21-4-3-18-11-19(18)12-21)14-17-2-9-26-25(10-17)29-16-36-26/h2,5-10,16,18-21,24,27H,3-4,11-15H2,1H3/t18?,19?,20-,21?,24-,27-/m1/s1. The monoisotopic (exact) mass is 537 g/mol. The number of rotatable bonds is 7. The largest absolute Gasteiger partial charge is 0.497 e. The predicted octanol–water partition coefficient (Wildman–Crippen LogP) is 4.53. The number of benzene rings is 2. The summed E-state index contributed by atoms with van der Waals surface area (Å²) < 4.78 is 35.3. The summed E-state index contributed by atoms with van der Waals surface area (Å²) >= 11 is 1.61. The van der Waals surface area contributed by atoms with Crippen molar-refractivity contribution in [3.63, 3.8) is 0 Å². The van der Waals surface area contributed by atoms with E-state index in [1.807, 2.05) is 10.4 Å². The Morgan fingerprint density at radius 1 is 1.08 bits per heavy atom. The summed E-state index contributed by atoms with van der Waals surface area (Å²) in [6.07, 6.45) is 5.39. The van der Waals surface area contributed by atoms with Crippen molar-refractivity contribution in [3.8, 4) is 5.75 Å². The van der Waals surface area contributed by atoms with Gasteiger partial charge in [0, 0.05) is 19.1 Å². The third-order valence-corrected chi connectivity index (χ3v) is 11.7. The van der Waals surface area contributed by atoms with Crippen LogP contribution in [0.25, 0.3) is 10.2 Å². The number of sulfonamides is 1. The van der Waals surface area contributed by atoms with E-state index in [9.17, 15) is 13.2 Å². The summed E-state index contributed by atoms with van der Waals surface area (Å²) in [7, 11) is -2.24. The van der Waals surface area contributed by atoms with Crippen LogP contribution in [-0.4, -0.2) is 54.3 Å². The Kier molecular flexibility index (Phi) is 5.60. The van der Waals surface area contributed by atoms with Crippen LogP contribution in [0.4, 0.5) is 0 Å². The molecule has 1 amide bonds. The summed E-state index contributed by atoms with van der Waals surface area (Å²) in [5.74, 6) is 2.51. The molecule has 2 aromatic carbocycles. The number of piperidine rings is 1. The topological polar surface area (TPSA) is 79.8 Å². The van der Waals surface area contributed by atoms with Crippen LogP contribution >= 0.6 is 11.3 Å². The zero-order valence-corrected chi connectivity index (χ0v) is 22.5. The second kappa shape index (κ2) is 8.78. The zero-order chi connectivity index (χ0) is 25.3. The highest BCUT2D eigenvalue weighted by molar-refractivity contribution is 7.89. The van der Waals surface area contributed by atoms with Crippen LogP contribution in [0.2, 0.25) is 0 Å². The number of fused-ring (bicyclic) bond motifs is 3. The molecule has 4 aliphatic rings. The fraction of sp³-hybridized carbons (Fsp3) is 0.500. The third-order valence-electron chi connectivity index (χ3n) is 9.01. The number of thiazole rings is 1. The van der Waals surface area contributed by atoms with Gasteiger partial charge in [0.2, 0.25) is 15.9 Å². The maximum Gasteiger partial charge on any atom is 0.243 e. The number of nitrogens with zero attached hydrogens (tertiary/aromatic N) is 3. The molecule has 3 saturated carbocycles. The lowest BCUT2D eigenvalue weighted by Crippen LogP contribution is -2.52. The molecular formula is C28H31N3O4S2. The van der Waals surface area contributed by atoms with Crippen molar-refractivity contribution in [2.75, 3.05) is 13.7 Å². The molecule has 3 aromatic rings. The fourth-order valence-corrected chi connectivity index (χ4v) is 9.07. The minimum Gasteiger partial charge on any atom is -0.497 e. The van der Waals surface area contributed by atoms with Gasteiger partial charge in [-0.05, 0) is 97.7 Å². The number of carbonyl (C=O) groups is 1. The number of hydrogen-bond acceptors (Lipinski definition) is 6. The highest BCUT2D eigenvalue weighted by atomic mass is 32.2. The molecule has 4 fully saturated rings. The van der Waals surface area contributed by atoms with Crippen LogP contribution in [0.5, 0.6) is 5.75 Å². The minimum atomic E-state index is -3.80. The number of aromatic nitrogens is 1. The van der Waals surface area contributed by atoms with Gasteiger partial charge in [-0.15, -0.1) is 11.3 Å². The summed E-state index contributed by atoms with van der Waals surface area (Å²) in [6.45, 7) is 0.919. The van der Waals surface area contributed by atoms with Crippen LogP contribution in [0.3, 0.4) is 0 Å². The van der Waals surface area contributed by atoms with Gasteiger partial charge in [-0.3, -0.25) is 4.79 Å². The molecule has 7 rings (SSSR count). The number of carbonyl (C=O) groups excluding carboxylic acids is 1. The van der Waals surface area contributed by atoms with Crippen molar-refractivity contribution in [3.05, 3.63) is 53.5 Å².